The quantitative estimate of drug-likeness (QED) is 0.793. The van der Waals surface area contributed by atoms with Crippen LogP contribution < -0.4 is 0 Å². The van der Waals surface area contributed by atoms with Crippen molar-refractivity contribution < 1.29 is 9.53 Å². The molecule has 2 aliphatic rings. The fourth-order valence-electron chi connectivity index (χ4n) is 3.26. The van der Waals surface area contributed by atoms with Crippen LogP contribution in [0.2, 0.25) is 0 Å². The van der Waals surface area contributed by atoms with E-state index in [2.05, 4.69) is 28.1 Å². The van der Waals surface area contributed by atoms with Gasteiger partial charge in [0.05, 0.1) is 12.0 Å². The highest BCUT2D eigenvalue weighted by Gasteiger charge is 2.65. The van der Waals surface area contributed by atoms with Crippen LogP contribution in [0.1, 0.15) is 38.2 Å². The van der Waals surface area contributed by atoms with Crippen LogP contribution in [0.15, 0.2) is 28.7 Å². The molecule has 0 N–H and O–H groups in total. The fraction of sp³-hybridized carbons (Fsp3) is 0.533. The number of carbonyl (C=O) groups excluding carboxylic acids is 1. The van der Waals surface area contributed by atoms with Crippen LogP contribution in [-0.2, 0) is 14.9 Å². The van der Waals surface area contributed by atoms with E-state index in [0.29, 0.717) is 12.0 Å². The summed E-state index contributed by atoms with van der Waals surface area (Å²) in [5.41, 5.74) is 1.22. The van der Waals surface area contributed by atoms with Gasteiger partial charge in [-0.1, -0.05) is 28.1 Å². The van der Waals surface area contributed by atoms with Gasteiger partial charge < -0.3 is 4.74 Å². The monoisotopic (exact) mass is 308 g/mol. The van der Waals surface area contributed by atoms with E-state index < -0.39 is 0 Å². The van der Waals surface area contributed by atoms with Gasteiger partial charge in [-0.15, -0.1) is 0 Å². The summed E-state index contributed by atoms with van der Waals surface area (Å²) >= 11 is 3.44. The average molecular weight is 309 g/mol. The minimum absolute atomic E-state index is 0.0372. The molecule has 0 atom stereocenters. The summed E-state index contributed by atoms with van der Waals surface area (Å²) in [4.78, 5) is 12.3. The highest BCUT2D eigenvalue weighted by Crippen LogP contribution is 2.69. The van der Waals surface area contributed by atoms with Crippen molar-refractivity contribution in [2.75, 3.05) is 6.61 Å². The van der Waals surface area contributed by atoms with Gasteiger partial charge in [-0.2, -0.15) is 0 Å². The Bertz CT molecular complexity index is 466. The number of carbonyl (C=O) groups is 1. The Morgan fingerprint density at radius 3 is 2.39 bits per heavy atom. The van der Waals surface area contributed by atoms with Crippen molar-refractivity contribution in [1.82, 2.24) is 0 Å². The SMILES string of the molecule is CCOC(=O)C1(c2ccc(Br)cc2)CC2(CC2)C1. The van der Waals surface area contributed by atoms with E-state index in [-0.39, 0.29) is 11.4 Å². The highest BCUT2D eigenvalue weighted by molar-refractivity contribution is 9.10. The molecule has 3 heteroatoms. The first-order valence-electron chi connectivity index (χ1n) is 6.54. The summed E-state index contributed by atoms with van der Waals surface area (Å²) in [6.07, 6.45) is 4.51. The number of hydrogen-bond donors (Lipinski definition) is 0. The molecule has 2 saturated carbocycles. The van der Waals surface area contributed by atoms with E-state index in [0.717, 1.165) is 22.9 Å². The van der Waals surface area contributed by atoms with Crippen LogP contribution in [-0.4, -0.2) is 12.6 Å². The molecular weight excluding hydrogens is 292 g/mol. The van der Waals surface area contributed by atoms with Crippen LogP contribution >= 0.6 is 15.9 Å². The maximum Gasteiger partial charge on any atom is 0.316 e. The number of halogens is 1. The number of hydrogen-bond acceptors (Lipinski definition) is 2. The first kappa shape index (κ1) is 12.2. The molecule has 96 valence electrons. The molecule has 0 radical (unpaired) electrons. The second-order valence-corrected chi connectivity index (χ2v) is 6.58. The van der Waals surface area contributed by atoms with Gasteiger partial charge >= 0.3 is 5.97 Å². The second-order valence-electron chi connectivity index (χ2n) is 5.66. The summed E-state index contributed by atoms with van der Waals surface area (Å²) < 4.78 is 6.35. The largest absolute Gasteiger partial charge is 0.465 e. The number of rotatable bonds is 3. The Morgan fingerprint density at radius 2 is 1.89 bits per heavy atom. The van der Waals surface area contributed by atoms with Crippen LogP contribution in [0.25, 0.3) is 0 Å². The second kappa shape index (κ2) is 4.09. The van der Waals surface area contributed by atoms with E-state index in [1.54, 1.807) is 0 Å². The Morgan fingerprint density at radius 1 is 1.28 bits per heavy atom. The first-order chi connectivity index (χ1) is 8.60. The lowest BCUT2D eigenvalue weighted by Gasteiger charge is -2.46. The normalized spacial score (nSPS) is 22.3. The molecule has 1 aromatic rings. The third kappa shape index (κ3) is 1.80. The Balaban J connectivity index is 1.90. The number of esters is 1. The minimum Gasteiger partial charge on any atom is -0.465 e. The number of benzene rings is 1. The van der Waals surface area contributed by atoms with Gasteiger partial charge in [0.15, 0.2) is 0 Å². The maximum atomic E-state index is 12.3. The van der Waals surface area contributed by atoms with Crippen molar-refractivity contribution in [3.8, 4) is 0 Å². The number of ether oxygens (including phenoxy) is 1. The van der Waals surface area contributed by atoms with Gasteiger partial charge in [-0.25, -0.2) is 0 Å². The molecule has 0 aliphatic heterocycles. The summed E-state index contributed by atoms with van der Waals surface area (Å²) in [6.45, 7) is 2.34. The topological polar surface area (TPSA) is 26.3 Å². The Hall–Kier alpha value is -0.830. The van der Waals surface area contributed by atoms with Gasteiger partial charge in [0.25, 0.3) is 0 Å². The minimum atomic E-state index is -0.368. The van der Waals surface area contributed by atoms with Crippen molar-refractivity contribution in [3.63, 3.8) is 0 Å². The van der Waals surface area contributed by atoms with Crippen LogP contribution in [0.4, 0.5) is 0 Å². The van der Waals surface area contributed by atoms with Gasteiger partial charge in [0, 0.05) is 4.47 Å². The van der Waals surface area contributed by atoms with Crippen molar-refractivity contribution in [2.24, 2.45) is 5.41 Å². The molecule has 3 rings (SSSR count). The van der Waals surface area contributed by atoms with E-state index in [1.165, 1.54) is 12.8 Å². The standard InChI is InChI=1S/C15H17BrO2/c1-2-18-13(17)15(9-14(10-15)7-8-14)11-3-5-12(16)6-4-11/h3-6H,2,7-10H2,1H3. The first-order valence-corrected chi connectivity index (χ1v) is 7.33. The predicted molar refractivity (Wildman–Crippen MR) is 73.4 cm³/mol. The molecule has 0 bridgehead atoms. The fourth-order valence-corrected chi connectivity index (χ4v) is 3.53. The molecule has 1 spiro atoms. The van der Waals surface area contributed by atoms with E-state index in [4.69, 9.17) is 4.74 Å². The zero-order valence-corrected chi connectivity index (χ0v) is 12.1. The van der Waals surface area contributed by atoms with Crippen LogP contribution in [0, 0.1) is 5.41 Å². The highest BCUT2D eigenvalue weighted by atomic mass is 79.9. The molecule has 18 heavy (non-hydrogen) atoms. The van der Waals surface area contributed by atoms with Crippen molar-refractivity contribution >= 4 is 21.9 Å². The summed E-state index contributed by atoms with van der Waals surface area (Å²) in [6, 6.07) is 8.12. The average Bonchev–Trinajstić information content (AvgIpc) is 3.08. The van der Waals surface area contributed by atoms with Crippen LogP contribution in [0.3, 0.4) is 0 Å². The predicted octanol–water partition coefficient (Wildman–Crippen LogP) is 3.82. The van der Waals surface area contributed by atoms with Gasteiger partial charge in [-0.05, 0) is 55.7 Å². The molecule has 2 aliphatic carbocycles. The molecular formula is C15H17BrO2. The van der Waals surface area contributed by atoms with Gasteiger partial charge in [0.1, 0.15) is 0 Å². The van der Waals surface area contributed by atoms with Gasteiger partial charge in [0.2, 0.25) is 0 Å². The maximum absolute atomic E-state index is 12.3. The lowest BCUT2D eigenvalue weighted by molar-refractivity contribution is -0.157. The molecule has 1 aromatic carbocycles. The summed E-state index contributed by atoms with van der Waals surface area (Å²) in [5, 5.41) is 0. The van der Waals surface area contributed by atoms with Crippen molar-refractivity contribution in [1.29, 1.82) is 0 Å². The summed E-state index contributed by atoms with van der Waals surface area (Å²) in [5.74, 6) is -0.0372. The zero-order valence-electron chi connectivity index (χ0n) is 10.5. The summed E-state index contributed by atoms with van der Waals surface area (Å²) in [7, 11) is 0. The lowest BCUT2D eigenvalue weighted by Crippen LogP contribution is -2.50. The van der Waals surface area contributed by atoms with E-state index in [9.17, 15) is 4.79 Å². The molecule has 0 unspecified atom stereocenters. The molecule has 0 aromatic heterocycles. The van der Waals surface area contributed by atoms with Gasteiger partial charge in [-0.3, -0.25) is 4.79 Å². The zero-order chi connectivity index (χ0) is 12.8. The smallest absolute Gasteiger partial charge is 0.316 e. The van der Waals surface area contributed by atoms with Crippen molar-refractivity contribution in [3.05, 3.63) is 34.3 Å². The van der Waals surface area contributed by atoms with E-state index in [1.807, 2.05) is 19.1 Å². The molecule has 0 amide bonds. The molecule has 0 saturated heterocycles. The molecule has 0 heterocycles. The molecule has 2 nitrogen and oxygen atoms in total. The van der Waals surface area contributed by atoms with Crippen molar-refractivity contribution in [2.45, 2.75) is 38.0 Å². The Kier molecular flexibility index (Phi) is 2.77. The Labute approximate surface area is 116 Å². The third-order valence-corrected chi connectivity index (χ3v) is 4.90. The molecule has 2 fully saturated rings. The third-order valence-electron chi connectivity index (χ3n) is 4.37. The van der Waals surface area contributed by atoms with Crippen LogP contribution in [0.5, 0.6) is 0 Å². The van der Waals surface area contributed by atoms with E-state index >= 15 is 0 Å². The lowest BCUT2D eigenvalue weighted by atomic mass is 9.56.